The first-order valence-electron chi connectivity index (χ1n) is 6.93. The highest BCUT2D eigenvalue weighted by atomic mass is 35.5. The van der Waals surface area contributed by atoms with Crippen LogP contribution in [-0.4, -0.2) is 12.6 Å². The molecule has 2 nitrogen and oxygen atoms in total. The average Bonchev–Trinajstić information content (AvgIpc) is 2.47. The van der Waals surface area contributed by atoms with Gasteiger partial charge >= 0.3 is 12.1 Å². The third kappa shape index (κ3) is 4.48. The summed E-state index contributed by atoms with van der Waals surface area (Å²) >= 11 is 5.95. The standard InChI is InChI=1S/C17H14ClF3O2/c1-2-23-16(22)10-12-9-14(18)7-8-15(12)11-3-5-13(6-4-11)17(19,20)21/h3-9H,2,10H2,1H3. The smallest absolute Gasteiger partial charge is 0.416 e. The first kappa shape index (κ1) is 17.3. The van der Waals surface area contributed by atoms with Gasteiger partial charge in [0.1, 0.15) is 0 Å². The van der Waals surface area contributed by atoms with Crippen LogP contribution in [0.2, 0.25) is 5.02 Å². The van der Waals surface area contributed by atoms with Crippen LogP contribution < -0.4 is 0 Å². The zero-order valence-electron chi connectivity index (χ0n) is 12.3. The number of carbonyl (C=O) groups excluding carboxylic acids is 1. The fourth-order valence-corrected chi connectivity index (χ4v) is 2.39. The van der Waals surface area contributed by atoms with E-state index in [1.165, 1.54) is 12.1 Å². The number of ether oxygens (including phenoxy) is 1. The van der Waals surface area contributed by atoms with Gasteiger partial charge in [-0.25, -0.2) is 0 Å². The Hall–Kier alpha value is -2.01. The zero-order chi connectivity index (χ0) is 17.0. The maximum Gasteiger partial charge on any atom is 0.416 e. The van der Waals surface area contributed by atoms with E-state index in [2.05, 4.69) is 0 Å². The Morgan fingerprint density at radius 2 is 1.78 bits per heavy atom. The van der Waals surface area contributed by atoms with E-state index >= 15 is 0 Å². The summed E-state index contributed by atoms with van der Waals surface area (Å²) in [5.74, 6) is -0.414. The molecule has 6 heteroatoms. The Morgan fingerprint density at radius 1 is 1.13 bits per heavy atom. The zero-order valence-corrected chi connectivity index (χ0v) is 13.0. The van der Waals surface area contributed by atoms with Crippen LogP contribution in [-0.2, 0) is 22.1 Å². The van der Waals surface area contributed by atoms with Crippen molar-refractivity contribution >= 4 is 17.6 Å². The largest absolute Gasteiger partial charge is 0.466 e. The molecule has 0 N–H and O–H groups in total. The molecule has 23 heavy (non-hydrogen) atoms. The number of hydrogen-bond acceptors (Lipinski definition) is 2. The molecule has 2 aromatic carbocycles. The number of benzene rings is 2. The molecule has 122 valence electrons. The number of carbonyl (C=O) groups is 1. The maximum atomic E-state index is 12.6. The lowest BCUT2D eigenvalue weighted by Gasteiger charge is -2.12. The molecule has 0 aromatic heterocycles. The normalized spacial score (nSPS) is 11.3. The van der Waals surface area contributed by atoms with Gasteiger partial charge in [-0.15, -0.1) is 0 Å². The van der Waals surface area contributed by atoms with Crippen molar-refractivity contribution in [1.29, 1.82) is 0 Å². The highest BCUT2D eigenvalue weighted by Gasteiger charge is 2.30. The molecule has 0 atom stereocenters. The molecule has 0 spiro atoms. The minimum atomic E-state index is -4.38. The Labute approximate surface area is 136 Å². The summed E-state index contributed by atoms with van der Waals surface area (Å²) in [6, 6.07) is 9.70. The van der Waals surface area contributed by atoms with Crippen LogP contribution in [0.3, 0.4) is 0 Å². The number of alkyl halides is 3. The summed E-state index contributed by atoms with van der Waals surface area (Å²) in [6.45, 7) is 1.96. The molecule has 0 radical (unpaired) electrons. The average molecular weight is 343 g/mol. The molecule has 0 aliphatic heterocycles. The summed E-state index contributed by atoms with van der Waals surface area (Å²) < 4.78 is 42.8. The van der Waals surface area contributed by atoms with Crippen LogP contribution in [0.15, 0.2) is 42.5 Å². The van der Waals surface area contributed by atoms with Crippen molar-refractivity contribution in [3.63, 3.8) is 0 Å². The fourth-order valence-electron chi connectivity index (χ4n) is 2.20. The van der Waals surface area contributed by atoms with Gasteiger partial charge in [-0.2, -0.15) is 13.2 Å². The third-order valence-electron chi connectivity index (χ3n) is 3.23. The molecule has 0 aliphatic carbocycles. The van der Waals surface area contributed by atoms with Crippen LogP contribution in [0.5, 0.6) is 0 Å². The molecule has 0 saturated heterocycles. The summed E-state index contributed by atoms with van der Waals surface area (Å²) in [6.07, 6.45) is -4.38. The van der Waals surface area contributed by atoms with Crippen LogP contribution in [0.25, 0.3) is 11.1 Å². The first-order chi connectivity index (χ1) is 10.8. The van der Waals surface area contributed by atoms with Crippen LogP contribution >= 0.6 is 11.6 Å². The molecule has 0 heterocycles. The van der Waals surface area contributed by atoms with Crippen molar-refractivity contribution in [2.24, 2.45) is 0 Å². The molecule has 0 fully saturated rings. The molecular weight excluding hydrogens is 329 g/mol. The van der Waals surface area contributed by atoms with Crippen molar-refractivity contribution in [2.75, 3.05) is 6.61 Å². The molecular formula is C17H14ClF3O2. The van der Waals surface area contributed by atoms with Crippen LogP contribution in [0.4, 0.5) is 13.2 Å². The van der Waals surface area contributed by atoms with Gasteiger partial charge in [0.25, 0.3) is 0 Å². The lowest BCUT2D eigenvalue weighted by Crippen LogP contribution is -2.08. The van der Waals surface area contributed by atoms with Gasteiger partial charge < -0.3 is 4.74 Å². The van der Waals surface area contributed by atoms with Gasteiger partial charge in [0.15, 0.2) is 0 Å². The fraction of sp³-hybridized carbons (Fsp3) is 0.235. The van der Waals surface area contributed by atoms with Gasteiger partial charge in [0.2, 0.25) is 0 Å². The molecule has 0 bridgehead atoms. The van der Waals surface area contributed by atoms with Gasteiger partial charge in [-0.05, 0) is 47.9 Å². The lowest BCUT2D eigenvalue weighted by molar-refractivity contribution is -0.142. The summed E-state index contributed by atoms with van der Waals surface area (Å²) in [5, 5.41) is 0.444. The van der Waals surface area contributed by atoms with Gasteiger partial charge in [0.05, 0.1) is 18.6 Å². The monoisotopic (exact) mass is 342 g/mol. The molecule has 0 unspecified atom stereocenters. The molecule has 2 aromatic rings. The lowest BCUT2D eigenvalue weighted by atomic mass is 9.97. The highest BCUT2D eigenvalue weighted by Crippen LogP contribution is 2.32. The quantitative estimate of drug-likeness (QED) is 0.720. The topological polar surface area (TPSA) is 26.3 Å². The van der Waals surface area contributed by atoms with E-state index in [0.717, 1.165) is 12.1 Å². The highest BCUT2D eigenvalue weighted by molar-refractivity contribution is 6.30. The molecule has 0 aliphatic rings. The Balaban J connectivity index is 2.37. The van der Waals surface area contributed by atoms with Crippen LogP contribution in [0, 0.1) is 0 Å². The van der Waals surface area contributed by atoms with E-state index in [9.17, 15) is 18.0 Å². The summed E-state index contributed by atoms with van der Waals surface area (Å²) in [4.78, 5) is 11.7. The summed E-state index contributed by atoms with van der Waals surface area (Å²) in [5.41, 5.74) is 1.11. The predicted molar refractivity (Wildman–Crippen MR) is 82.2 cm³/mol. The second-order valence-corrected chi connectivity index (χ2v) is 5.29. The molecule has 0 amide bonds. The number of esters is 1. The number of hydrogen-bond donors (Lipinski definition) is 0. The van der Waals surface area contributed by atoms with Crippen molar-refractivity contribution < 1.29 is 22.7 Å². The van der Waals surface area contributed by atoms with Crippen molar-refractivity contribution in [2.45, 2.75) is 19.5 Å². The van der Waals surface area contributed by atoms with Crippen LogP contribution in [0.1, 0.15) is 18.1 Å². The van der Waals surface area contributed by atoms with E-state index in [0.29, 0.717) is 21.7 Å². The first-order valence-corrected chi connectivity index (χ1v) is 7.30. The van der Waals surface area contributed by atoms with Crippen molar-refractivity contribution in [3.8, 4) is 11.1 Å². The van der Waals surface area contributed by atoms with E-state index in [1.807, 2.05) is 0 Å². The molecule has 0 saturated carbocycles. The van der Waals surface area contributed by atoms with Gasteiger partial charge in [-0.3, -0.25) is 4.79 Å². The third-order valence-corrected chi connectivity index (χ3v) is 3.47. The van der Waals surface area contributed by atoms with E-state index in [-0.39, 0.29) is 13.0 Å². The minimum Gasteiger partial charge on any atom is -0.466 e. The maximum absolute atomic E-state index is 12.6. The summed E-state index contributed by atoms with van der Waals surface area (Å²) in [7, 11) is 0. The SMILES string of the molecule is CCOC(=O)Cc1cc(Cl)ccc1-c1ccc(C(F)(F)F)cc1. The van der Waals surface area contributed by atoms with E-state index in [1.54, 1.807) is 25.1 Å². The predicted octanol–water partition coefficient (Wildman–Crippen LogP) is 5.13. The number of rotatable bonds is 4. The van der Waals surface area contributed by atoms with Crippen molar-refractivity contribution in [1.82, 2.24) is 0 Å². The minimum absolute atomic E-state index is 0.00472. The van der Waals surface area contributed by atoms with E-state index < -0.39 is 17.7 Å². The number of halogens is 4. The van der Waals surface area contributed by atoms with Gasteiger partial charge in [0, 0.05) is 5.02 Å². The Bertz CT molecular complexity index is 694. The molecule has 2 rings (SSSR count). The van der Waals surface area contributed by atoms with Crippen molar-refractivity contribution in [3.05, 3.63) is 58.6 Å². The Kier molecular flexibility index (Phi) is 5.31. The second-order valence-electron chi connectivity index (χ2n) is 4.86. The van der Waals surface area contributed by atoms with E-state index in [4.69, 9.17) is 16.3 Å². The van der Waals surface area contributed by atoms with Gasteiger partial charge in [-0.1, -0.05) is 29.8 Å². The Morgan fingerprint density at radius 3 is 2.35 bits per heavy atom. The second kappa shape index (κ2) is 7.04.